The molecule has 0 fully saturated rings. The molecule has 2 rings (SSSR count). The van der Waals surface area contributed by atoms with Crippen LogP contribution < -0.4 is 5.32 Å². The van der Waals surface area contributed by atoms with Crippen LogP contribution in [0.2, 0.25) is 0 Å². The van der Waals surface area contributed by atoms with Crippen LogP contribution in [0.5, 0.6) is 0 Å². The second kappa shape index (κ2) is 7.24. The van der Waals surface area contributed by atoms with Gasteiger partial charge in [-0.15, -0.1) is 0 Å². The van der Waals surface area contributed by atoms with Gasteiger partial charge in [-0.1, -0.05) is 6.07 Å². The standard InChI is InChI=1S/C15H24N2O3S/c1-17(10-3-2-4-11-18)21(19,20)14-8-7-13-6-5-9-16-15(13)12-14/h7-8,12,16,18H,2-6,9-11H2,1H3. The summed E-state index contributed by atoms with van der Waals surface area (Å²) in [6.07, 6.45) is 4.40. The summed E-state index contributed by atoms with van der Waals surface area (Å²) in [5.74, 6) is 0. The summed E-state index contributed by atoms with van der Waals surface area (Å²) in [4.78, 5) is 0.348. The van der Waals surface area contributed by atoms with Gasteiger partial charge in [0.05, 0.1) is 4.90 Å². The van der Waals surface area contributed by atoms with E-state index in [1.165, 1.54) is 9.87 Å². The predicted molar refractivity (Wildman–Crippen MR) is 84.0 cm³/mol. The van der Waals surface area contributed by atoms with Crippen molar-refractivity contribution in [2.24, 2.45) is 0 Å². The monoisotopic (exact) mass is 312 g/mol. The Bertz CT molecular complexity index is 572. The zero-order valence-corrected chi connectivity index (χ0v) is 13.3. The van der Waals surface area contributed by atoms with Gasteiger partial charge in [-0.05, 0) is 49.8 Å². The van der Waals surface area contributed by atoms with Crippen molar-refractivity contribution in [1.29, 1.82) is 0 Å². The number of benzene rings is 1. The van der Waals surface area contributed by atoms with Gasteiger partial charge in [-0.2, -0.15) is 0 Å². The molecular formula is C15H24N2O3S. The maximum absolute atomic E-state index is 12.5. The molecule has 0 aliphatic carbocycles. The van der Waals surface area contributed by atoms with Gasteiger partial charge in [0.1, 0.15) is 0 Å². The third kappa shape index (κ3) is 3.96. The summed E-state index contributed by atoms with van der Waals surface area (Å²) in [7, 11) is -1.82. The van der Waals surface area contributed by atoms with E-state index in [1.807, 2.05) is 6.07 Å². The number of hydrogen-bond acceptors (Lipinski definition) is 4. The molecule has 1 aliphatic heterocycles. The molecule has 0 unspecified atom stereocenters. The van der Waals surface area contributed by atoms with E-state index in [9.17, 15) is 8.42 Å². The highest BCUT2D eigenvalue weighted by Crippen LogP contribution is 2.26. The van der Waals surface area contributed by atoms with E-state index in [0.717, 1.165) is 44.3 Å². The van der Waals surface area contributed by atoms with Gasteiger partial charge in [-0.25, -0.2) is 12.7 Å². The number of hydrogen-bond donors (Lipinski definition) is 2. The molecule has 0 atom stereocenters. The van der Waals surface area contributed by atoms with Crippen LogP contribution in [0.1, 0.15) is 31.2 Å². The normalized spacial score (nSPS) is 14.8. The molecule has 0 saturated carbocycles. The number of aliphatic hydroxyl groups is 1. The van der Waals surface area contributed by atoms with Crippen LogP contribution in [0.3, 0.4) is 0 Å². The number of sulfonamides is 1. The number of nitrogens with zero attached hydrogens (tertiary/aromatic N) is 1. The molecule has 0 amide bonds. The van der Waals surface area contributed by atoms with Crippen LogP contribution >= 0.6 is 0 Å². The van der Waals surface area contributed by atoms with E-state index in [2.05, 4.69) is 5.32 Å². The highest BCUT2D eigenvalue weighted by Gasteiger charge is 2.22. The van der Waals surface area contributed by atoms with Gasteiger partial charge in [0.15, 0.2) is 0 Å². The van der Waals surface area contributed by atoms with Crippen molar-refractivity contribution in [3.63, 3.8) is 0 Å². The van der Waals surface area contributed by atoms with Crippen molar-refractivity contribution < 1.29 is 13.5 Å². The Balaban J connectivity index is 2.08. The summed E-state index contributed by atoms with van der Waals surface area (Å²) in [6, 6.07) is 5.35. The van der Waals surface area contributed by atoms with E-state index < -0.39 is 10.0 Å². The first-order valence-electron chi connectivity index (χ1n) is 7.49. The molecule has 0 bridgehead atoms. The molecule has 0 saturated heterocycles. The molecule has 1 aliphatic rings. The zero-order valence-electron chi connectivity index (χ0n) is 12.5. The molecule has 5 nitrogen and oxygen atoms in total. The molecule has 2 N–H and O–H groups in total. The number of unbranched alkanes of at least 4 members (excludes halogenated alkanes) is 2. The number of nitrogens with one attached hydrogen (secondary N) is 1. The second-order valence-corrected chi connectivity index (χ2v) is 7.51. The van der Waals surface area contributed by atoms with Crippen LogP contribution in [0, 0.1) is 0 Å². The third-order valence-electron chi connectivity index (χ3n) is 3.86. The van der Waals surface area contributed by atoms with Crippen LogP contribution in [0.4, 0.5) is 5.69 Å². The Morgan fingerprint density at radius 3 is 2.86 bits per heavy atom. The summed E-state index contributed by atoms with van der Waals surface area (Å²) in [5, 5.41) is 12.0. The van der Waals surface area contributed by atoms with Crippen LogP contribution in [-0.4, -0.2) is 44.6 Å². The molecular weight excluding hydrogens is 288 g/mol. The van der Waals surface area contributed by atoms with Gasteiger partial charge in [0, 0.05) is 32.4 Å². The maximum Gasteiger partial charge on any atom is 0.242 e. The topological polar surface area (TPSA) is 69.6 Å². The lowest BCUT2D eigenvalue weighted by atomic mass is 10.0. The zero-order chi connectivity index (χ0) is 15.3. The Morgan fingerprint density at radius 2 is 2.10 bits per heavy atom. The smallest absolute Gasteiger partial charge is 0.242 e. The quantitative estimate of drug-likeness (QED) is 0.754. The van der Waals surface area contributed by atoms with Gasteiger partial charge >= 0.3 is 0 Å². The Labute approximate surface area is 127 Å². The third-order valence-corrected chi connectivity index (χ3v) is 5.71. The number of aryl methyl sites for hydroxylation is 1. The van der Waals surface area contributed by atoms with E-state index in [-0.39, 0.29) is 6.61 Å². The van der Waals surface area contributed by atoms with Crippen molar-refractivity contribution in [1.82, 2.24) is 4.31 Å². The summed E-state index contributed by atoms with van der Waals surface area (Å²) < 4.78 is 26.5. The first-order chi connectivity index (χ1) is 10.1. The Hall–Kier alpha value is -1.11. The van der Waals surface area contributed by atoms with Gasteiger partial charge in [0.25, 0.3) is 0 Å². The van der Waals surface area contributed by atoms with Crippen molar-refractivity contribution in [3.05, 3.63) is 23.8 Å². The molecule has 0 aromatic heterocycles. The minimum Gasteiger partial charge on any atom is -0.396 e. The van der Waals surface area contributed by atoms with Gasteiger partial charge < -0.3 is 10.4 Å². The van der Waals surface area contributed by atoms with Crippen molar-refractivity contribution in [2.75, 3.05) is 32.1 Å². The lowest BCUT2D eigenvalue weighted by Crippen LogP contribution is -2.28. The number of rotatable bonds is 7. The van der Waals surface area contributed by atoms with E-state index in [0.29, 0.717) is 11.4 Å². The van der Waals surface area contributed by atoms with E-state index in [1.54, 1.807) is 19.2 Å². The minimum atomic E-state index is -3.43. The van der Waals surface area contributed by atoms with Crippen molar-refractivity contribution in [3.8, 4) is 0 Å². The predicted octanol–water partition coefficient (Wildman–Crippen LogP) is 1.83. The highest BCUT2D eigenvalue weighted by molar-refractivity contribution is 7.89. The fraction of sp³-hybridized carbons (Fsp3) is 0.600. The summed E-state index contributed by atoms with van der Waals surface area (Å²) >= 11 is 0. The Morgan fingerprint density at radius 1 is 1.29 bits per heavy atom. The Kier molecular flexibility index (Phi) is 5.61. The first-order valence-corrected chi connectivity index (χ1v) is 8.93. The lowest BCUT2D eigenvalue weighted by Gasteiger charge is -2.21. The van der Waals surface area contributed by atoms with Crippen molar-refractivity contribution >= 4 is 15.7 Å². The van der Waals surface area contributed by atoms with Crippen LogP contribution in [-0.2, 0) is 16.4 Å². The molecule has 21 heavy (non-hydrogen) atoms. The largest absolute Gasteiger partial charge is 0.396 e. The SMILES string of the molecule is CN(CCCCCO)S(=O)(=O)c1ccc2c(c1)NCCC2. The summed E-state index contributed by atoms with van der Waals surface area (Å²) in [6.45, 7) is 1.54. The van der Waals surface area contributed by atoms with Gasteiger partial charge in [0.2, 0.25) is 10.0 Å². The fourth-order valence-electron chi connectivity index (χ4n) is 2.52. The van der Waals surface area contributed by atoms with Crippen LogP contribution in [0.25, 0.3) is 0 Å². The number of aliphatic hydroxyl groups excluding tert-OH is 1. The maximum atomic E-state index is 12.5. The molecule has 6 heteroatoms. The molecule has 0 radical (unpaired) electrons. The first kappa shape index (κ1) is 16.3. The van der Waals surface area contributed by atoms with Crippen molar-refractivity contribution in [2.45, 2.75) is 37.0 Å². The van der Waals surface area contributed by atoms with Gasteiger partial charge in [-0.3, -0.25) is 0 Å². The minimum absolute atomic E-state index is 0.160. The lowest BCUT2D eigenvalue weighted by molar-refractivity contribution is 0.281. The van der Waals surface area contributed by atoms with E-state index >= 15 is 0 Å². The van der Waals surface area contributed by atoms with Crippen LogP contribution in [0.15, 0.2) is 23.1 Å². The molecule has 0 spiro atoms. The second-order valence-electron chi connectivity index (χ2n) is 5.46. The van der Waals surface area contributed by atoms with E-state index in [4.69, 9.17) is 5.11 Å². The highest BCUT2D eigenvalue weighted by atomic mass is 32.2. The molecule has 1 aromatic carbocycles. The number of anilines is 1. The molecule has 1 heterocycles. The summed E-state index contributed by atoms with van der Waals surface area (Å²) in [5.41, 5.74) is 2.13. The number of fused-ring (bicyclic) bond motifs is 1. The molecule has 118 valence electrons. The molecule has 1 aromatic rings. The average Bonchev–Trinajstić information content (AvgIpc) is 2.50. The fourth-order valence-corrected chi connectivity index (χ4v) is 3.76. The average molecular weight is 312 g/mol.